The Balaban J connectivity index is 1.45. The quantitative estimate of drug-likeness (QED) is 0.145. The number of ether oxygens (including phenoxy) is 2. The Morgan fingerprint density at radius 1 is 0.864 bits per heavy atom. The topological polar surface area (TPSA) is 182 Å². The van der Waals surface area contributed by atoms with Crippen molar-refractivity contribution in [3.05, 3.63) is 101 Å². The number of nitrogens with zero attached hydrogens (tertiary/aromatic N) is 3. The first kappa shape index (κ1) is 45.4. The van der Waals surface area contributed by atoms with Crippen LogP contribution in [-0.2, 0) is 48.0 Å². The summed E-state index contributed by atoms with van der Waals surface area (Å²) in [5.41, 5.74) is 15.9. The van der Waals surface area contributed by atoms with E-state index in [-0.39, 0.29) is 36.6 Å². The zero-order chi connectivity index (χ0) is 42.9. The largest absolute Gasteiger partial charge is 0.460 e. The Hall–Kier alpha value is -4.69. The van der Waals surface area contributed by atoms with Crippen LogP contribution in [0.3, 0.4) is 0 Å². The molecule has 0 unspecified atom stereocenters. The molecule has 1 aliphatic heterocycles. The Kier molecular flexibility index (Phi) is 15.8. The average molecular weight is 812 g/mol. The number of rotatable bonds is 17. The second kappa shape index (κ2) is 20.5. The fraction of sp³-hybridized carbons (Fsp3) is 0.543. The highest BCUT2D eigenvalue weighted by molar-refractivity contribution is 5.83. The van der Waals surface area contributed by atoms with Gasteiger partial charge in [0.1, 0.15) is 30.3 Å². The molecule has 2 aromatic carbocycles. The van der Waals surface area contributed by atoms with Crippen molar-refractivity contribution >= 4 is 23.8 Å². The lowest BCUT2D eigenvalue weighted by Gasteiger charge is -2.43. The van der Waals surface area contributed by atoms with Crippen molar-refractivity contribution in [2.75, 3.05) is 26.2 Å². The first-order valence-corrected chi connectivity index (χ1v) is 21.0. The Morgan fingerprint density at radius 3 is 2.19 bits per heavy atom. The van der Waals surface area contributed by atoms with Gasteiger partial charge in [-0.3, -0.25) is 34.0 Å². The summed E-state index contributed by atoms with van der Waals surface area (Å²) < 4.78 is 12.3. The van der Waals surface area contributed by atoms with Crippen molar-refractivity contribution in [2.45, 2.75) is 116 Å². The van der Waals surface area contributed by atoms with Gasteiger partial charge in [-0.25, -0.2) is 0 Å². The molecule has 6 N–H and O–H groups in total. The fourth-order valence-corrected chi connectivity index (χ4v) is 7.74. The second-order valence-corrected chi connectivity index (χ2v) is 17.9. The van der Waals surface area contributed by atoms with Gasteiger partial charge >= 0.3 is 11.9 Å². The van der Waals surface area contributed by atoms with E-state index in [4.69, 9.17) is 20.9 Å². The molecule has 0 radical (unpaired) electrons. The predicted octanol–water partition coefficient (Wildman–Crippen LogP) is 3.94. The zero-order valence-corrected chi connectivity index (χ0v) is 35.8. The van der Waals surface area contributed by atoms with Crippen LogP contribution >= 0.6 is 0 Å². The molecule has 13 heteroatoms. The minimum absolute atomic E-state index is 0.124. The molecule has 320 valence electrons. The van der Waals surface area contributed by atoms with E-state index in [1.165, 1.54) is 0 Å². The van der Waals surface area contributed by atoms with Gasteiger partial charge in [0.25, 0.3) is 0 Å². The van der Waals surface area contributed by atoms with Gasteiger partial charge in [-0.15, -0.1) is 0 Å². The van der Waals surface area contributed by atoms with E-state index in [0.717, 1.165) is 22.3 Å². The van der Waals surface area contributed by atoms with Crippen LogP contribution in [0.4, 0.5) is 0 Å². The summed E-state index contributed by atoms with van der Waals surface area (Å²) in [6.45, 7) is 15.7. The Labute approximate surface area is 350 Å². The number of aromatic nitrogens is 1. The monoisotopic (exact) mass is 811 g/mol. The number of pyridine rings is 1. The van der Waals surface area contributed by atoms with E-state index in [9.17, 15) is 19.2 Å². The van der Waals surface area contributed by atoms with E-state index < -0.39 is 59.8 Å². The van der Waals surface area contributed by atoms with Gasteiger partial charge < -0.3 is 31.6 Å². The van der Waals surface area contributed by atoms with Crippen LogP contribution in [0.15, 0.2) is 79.1 Å². The smallest absolute Gasteiger partial charge is 0.323 e. The van der Waals surface area contributed by atoms with E-state index in [1.807, 2.05) is 121 Å². The minimum atomic E-state index is -0.877. The zero-order valence-electron chi connectivity index (χ0n) is 35.8. The summed E-state index contributed by atoms with van der Waals surface area (Å²) in [4.78, 5) is 64.2. The average Bonchev–Trinajstić information content (AvgIpc) is 3.53. The van der Waals surface area contributed by atoms with Gasteiger partial charge in [-0.1, -0.05) is 88.4 Å². The van der Waals surface area contributed by atoms with Gasteiger partial charge in [0.05, 0.1) is 6.04 Å². The molecule has 1 aliphatic carbocycles. The van der Waals surface area contributed by atoms with Crippen molar-refractivity contribution in [3.8, 4) is 0 Å². The number of amides is 2. The number of fused-ring (bicyclic) bond motifs is 1. The molecule has 1 fully saturated rings. The van der Waals surface area contributed by atoms with E-state index in [1.54, 1.807) is 6.20 Å². The molecule has 1 aromatic heterocycles. The number of hydrogen-bond donors (Lipinski definition) is 4. The summed E-state index contributed by atoms with van der Waals surface area (Å²) >= 11 is 0. The molecule has 0 bridgehead atoms. The van der Waals surface area contributed by atoms with Gasteiger partial charge in [-0.2, -0.15) is 0 Å². The maximum atomic E-state index is 14.8. The standard InChI is InChI=1S/C46H65N7O6/c1-29(2)39(47)44(56)58-35(27-53-21-20-52(26-32-16-13-19-49-25-32)28-37(53)43(55)51-46(5,6)7)23-34(22-31-14-9-8-10-15-31)42(54)50-41-36-18-12-11-17-33(36)24-38(41)59-45(57)40(48)30(3)4/h8-19,25,29-30,34-35,37-41H,20-24,26-28,47-48H2,1-7H3,(H,50,54)(H,51,55)/t34-,35+,37+,38-,39+,40+,41+/m1/s1. The number of carbonyl (C=O) groups is 4. The lowest BCUT2D eigenvalue weighted by Crippen LogP contribution is -2.62. The van der Waals surface area contributed by atoms with E-state index in [2.05, 4.69) is 25.4 Å². The van der Waals surface area contributed by atoms with E-state index >= 15 is 0 Å². The predicted molar refractivity (Wildman–Crippen MR) is 227 cm³/mol. The molecule has 13 nitrogen and oxygen atoms in total. The normalized spacial score (nSPS) is 20.6. The van der Waals surface area contributed by atoms with Gasteiger partial charge in [0.15, 0.2) is 0 Å². The van der Waals surface area contributed by atoms with Crippen LogP contribution < -0.4 is 22.1 Å². The van der Waals surface area contributed by atoms with Crippen molar-refractivity contribution in [3.63, 3.8) is 0 Å². The van der Waals surface area contributed by atoms with Crippen molar-refractivity contribution < 1.29 is 28.7 Å². The van der Waals surface area contributed by atoms with Gasteiger partial charge in [0.2, 0.25) is 11.8 Å². The molecule has 2 heterocycles. The number of nitrogens with two attached hydrogens (primary N) is 2. The van der Waals surface area contributed by atoms with Gasteiger partial charge in [-0.05, 0) is 73.8 Å². The van der Waals surface area contributed by atoms with Crippen molar-refractivity contribution in [1.82, 2.24) is 25.4 Å². The maximum absolute atomic E-state index is 14.8. The van der Waals surface area contributed by atoms with Crippen LogP contribution in [0.5, 0.6) is 0 Å². The van der Waals surface area contributed by atoms with Crippen molar-refractivity contribution in [1.29, 1.82) is 0 Å². The molecular formula is C46H65N7O6. The first-order valence-electron chi connectivity index (χ1n) is 21.0. The highest BCUT2D eigenvalue weighted by Crippen LogP contribution is 2.35. The SMILES string of the molecule is CC(C)[C@H](N)C(=O)O[C@@H](C[C@@H](Cc1ccccc1)C(=O)N[C@H]1c2ccccc2C[C@H]1OC(=O)[C@@H](N)C(C)C)CN1CCN(Cc2cccnc2)C[C@H]1C(=O)NC(C)(C)C. The van der Waals surface area contributed by atoms with Crippen LogP contribution in [0.25, 0.3) is 0 Å². The molecule has 2 aliphatic rings. The first-order chi connectivity index (χ1) is 28.0. The number of nitrogens with one attached hydrogen (secondary N) is 2. The molecule has 3 aromatic rings. The third kappa shape index (κ3) is 12.9. The molecule has 0 spiro atoms. The summed E-state index contributed by atoms with van der Waals surface area (Å²) in [5.74, 6) is -2.47. The van der Waals surface area contributed by atoms with E-state index in [0.29, 0.717) is 39.0 Å². The van der Waals surface area contributed by atoms with Crippen LogP contribution in [0.2, 0.25) is 0 Å². The third-order valence-electron chi connectivity index (χ3n) is 11.2. The lowest BCUT2D eigenvalue weighted by molar-refractivity contribution is -0.155. The highest BCUT2D eigenvalue weighted by atomic mass is 16.6. The fourth-order valence-electron chi connectivity index (χ4n) is 7.74. The molecule has 7 atom stereocenters. The maximum Gasteiger partial charge on any atom is 0.323 e. The highest BCUT2D eigenvalue weighted by Gasteiger charge is 2.41. The molecule has 2 amide bonds. The summed E-state index contributed by atoms with van der Waals surface area (Å²) in [5, 5.41) is 6.42. The molecule has 59 heavy (non-hydrogen) atoms. The third-order valence-corrected chi connectivity index (χ3v) is 11.2. The van der Waals surface area contributed by atoms with Crippen LogP contribution in [0, 0.1) is 17.8 Å². The molecule has 0 saturated carbocycles. The van der Waals surface area contributed by atoms with Crippen molar-refractivity contribution in [2.24, 2.45) is 29.2 Å². The lowest BCUT2D eigenvalue weighted by atomic mass is 9.91. The van der Waals surface area contributed by atoms with Crippen LogP contribution in [-0.4, -0.2) is 101 Å². The number of benzene rings is 2. The summed E-state index contributed by atoms with van der Waals surface area (Å²) in [6, 6.07) is 18.5. The number of piperazine rings is 1. The Bertz CT molecular complexity index is 1850. The Morgan fingerprint density at radius 2 is 1.53 bits per heavy atom. The number of esters is 2. The second-order valence-electron chi connectivity index (χ2n) is 17.9. The van der Waals surface area contributed by atoms with Crippen LogP contribution in [0.1, 0.15) is 83.2 Å². The number of carbonyl (C=O) groups excluding carboxylic acids is 4. The molecule has 5 rings (SSSR count). The number of hydrogen-bond acceptors (Lipinski definition) is 11. The van der Waals surface area contributed by atoms with Gasteiger partial charge in [0, 0.05) is 63.0 Å². The molecule has 1 saturated heterocycles. The minimum Gasteiger partial charge on any atom is -0.460 e. The summed E-state index contributed by atoms with van der Waals surface area (Å²) in [6.07, 6.45) is 3.04. The summed E-state index contributed by atoms with van der Waals surface area (Å²) in [7, 11) is 0. The molecular weight excluding hydrogens is 747 g/mol.